The number of carbonyl (C=O) groups is 2. The van der Waals surface area contributed by atoms with Gasteiger partial charge in [-0.3, -0.25) is 13.9 Å². The molecule has 2 amide bonds. The molecule has 1 aliphatic carbocycles. The van der Waals surface area contributed by atoms with E-state index < -0.39 is 16.1 Å². The maximum Gasteiger partial charge on any atom is 0.242 e. The molecule has 39 heavy (non-hydrogen) atoms. The van der Waals surface area contributed by atoms with E-state index >= 15 is 0 Å². The third-order valence-electron chi connectivity index (χ3n) is 6.96. The molecular formula is C28H37Cl2N3O5S. The Balaban J connectivity index is 1.74. The van der Waals surface area contributed by atoms with E-state index in [0.29, 0.717) is 10.8 Å². The Labute approximate surface area is 241 Å². The van der Waals surface area contributed by atoms with Gasteiger partial charge in [0.05, 0.1) is 24.1 Å². The van der Waals surface area contributed by atoms with E-state index in [0.717, 1.165) is 41.8 Å². The van der Waals surface area contributed by atoms with Crippen LogP contribution >= 0.6 is 23.2 Å². The Kier molecular flexibility index (Phi) is 11.3. The highest BCUT2D eigenvalue weighted by molar-refractivity contribution is 7.92. The number of anilines is 1. The Morgan fingerprint density at radius 3 is 2.36 bits per heavy atom. The lowest BCUT2D eigenvalue weighted by molar-refractivity contribution is -0.141. The number of ether oxygens (including phenoxy) is 1. The van der Waals surface area contributed by atoms with Gasteiger partial charge >= 0.3 is 0 Å². The van der Waals surface area contributed by atoms with E-state index in [4.69, 9.17) is 27.9 Å². The average Bonchev–Trinajstić information content (AvgIpc) is 2.91. The van der Waals surface area contributed by atoms with Gasteiger partial charge in [0.1, 0.15) is 11.8 Å². The van der Waals surface area contributed by atoms with E-state index in [-0.39, 0.29) is 54.5 Å². The highest BCUT2D eigenvalue weighted by atomic mass is 35.5. The van der Waals surface area contributed by atoms with E-state index in [9.17, 15) is 18.0 Å². The maximum atomic E-state index is 13.5. The van der Waals surface area contributed by atoms with E-state index in [1.165, 1.54) is 18.6 Å². The molecule has 1 atom stereocenters. The van der Waals surface area contributed by atoms with Crippen LogP contribution in [0.4, 0.5) is 5.69 Å². The van der Waals surface area contributed by atoms with Crippen molar-refractivity contribution in [1.29, 1.82) is 0 Å². The number of sulfonamides is 1. The van der Waals surface area contributed by atoms with Crippen molar-refractivity contribution in [3.05, 3.63) is 58.1 Å². The second kappa shape index (κ2) is 14.2. The molecule has 8 nitrogen and oxygen atoms in total. The summed E-state index contributed by atoms with van der Waals surface area (Å²) in [5, 5.41) is 3.71. The van der Waals surface area contributed by atoms with Crippen molar-refractivity contribution < 1.29 is 22.7 Å². The summed E-state index contributed by atoms with van der Waals surface area (Å²) in [7, 11) is -2.11. The minimum Gasteiger partial charge on any atom is -0.497 e. The number of hydrogen-bond donors (Lipinski definition) is 1. The molecule has 2 aromatic rings. The Bertz CT molecular complexity index is 1230. The van der Waals surface area contributed by atoms with Crippen LogP contribution in [0.15, 0.2) is 42.5 Å². The predicted octanol–water partition coefficient (Wildman–Crippen LogP) is 5.41. The molecule has 2 aromatic carbocycles. The molecule has 0 unspecified atom stereocenters. The zero-order valence-corrected chi connectivity index (χ0v) is 25.0. The smallest absolute Gasteiger partial charge is 0.242 e. The van der Waals surface area contributed by atoms with Gasteiger partial charge in [0, 0.05) is 30.6 Å². The van der Waals surface area contributed by atoms with Crippen LogP contribution in [0.5, 0.6) is 5.75 Å². The number of nitrogens with zero attached hydrogens (tertiary/aromatic N) is 2. The summed E-state index contributed by atoms with van der Waals surface area (Å²) in [5.74, 6) is 0.259. The van der Waals surface area contributed by atoms with Gasteiger partial charge in [0.25, 0.3) is 0 Å². The first-order valence-corrected chi connectivity index (χ1v) is 15.8. The molecule has 0 aliphatic heterocycles. The molecule has 1 N–H and O–H groups in total. The molecule has 0 bridgehead atoms. The first-order valence-electron chi connectivity index (χ1n) is 13.1. The van der Waals surface area contributed by atoms with Gasteiger partial charge in [0.2, 0.25) is 21.8 Å². The van der Waals surface area contributed by atoms with Crippen molar-refractivity contribution in [2.45, 2.75) is 70.5 Å². The number of methoxy groups -OCH3 is 1. The zero-order valence-electron chi connectivity index (χ0n) is 22.7. The fourth-order valence-corrected chi connectivity index (χ4v) is 6.14. The molecule has 1 aliphatic rings. The summed E-state index contributed by atoms with van der Waals surface area (Å²) in [4.78, 5) is 28.2. The first kappa shape index (κ1) is 31.0. The summed E-state index contributed by atoms with van der Waals surface area (Å²) in [6, 6.07) is 11.4. The van der Waals surface area contributed by atoms with Gasteiger partial charge in [-0.15, -0.1) is 0 Å². The van der Waals surface area contributed by atoms with Crippen LogP contribution in [-0.4, -0.2) is 57.1 Å². The fourth-order valence-electron chi connectivity index (χ4n) is 4.74. The van der Waals surface area contributed by atoms with Crippen molar-refractivity contribution in [3.8, 4) is 5.75 Å². The SMILES string of the molecule is COc1ccc(CN(C(=O)CCCN(c2cc(Cl)ccc2Cl)S(C)(=O)=O)[C@@H](C)C(=O)NC2CCCCC2)cc1. The largest absolute Gasteiger partial charge is 0.497 e. The second-order valence-electron chi connectivity index (χ2n) is 9.92. The van der Waals surface area contributed by atoms with Crippen LogP contribution in [0, 0.1) is 0 Å². The van der Waals surface area contributed by atoms with Crippen molar-refractivity contribution in [1.82, 2.24) is 10.2 Å². The van der Waals surface area contributed by atoms with E-state index in [1.54, 1.807) is 25.0 Å². The lowest BCUT2D eigenvalue weighted by Gasteiger charge is -2.31. The van der Waals surface area contributed by atoms with Crippen LogP contribution in [0.25, 0.3) is 0 Å². The van der Waals surface area contributed by atoms with Gasteiger partial charge in [-0.2, -0.15) is 0 Å². The highest BCUT2D eigenvalue weighted by Crippen LogP contribution is 2.31. The predicted molar refractivity (Wildman–Crippen MR) is 156 cm³/mol. The second-order valence-corrected chi connectivity index (χ2v) is 12.7. The molecular weight excluding hydrogens is 561 g/mol. The quantitative estimate of drug-likeness (QED) is 0.352. The monoisotopic (exact) mass is 597 g/mol. The Morgan fingerprint density at radius 2 is 1.74 bits per heavy atom. The Hall–Kier alpha value is -2.49. The Morgan fingerprint density at radius 1 is 1.08 bits per heavy atom. The average molecular weight is 599 g/mol. The number of amides is 2. The molecule has 0 spiro atoms. The zero-order chi connectivity index (χ0) is 28.6. The molecule has 3 rings (SSSR count). The summed E-state index contributed by atoms with van der Waals surface area (Å²) in [5.41, 5.74) is 1.11. The minimum atomic E-state index is -3.69. The van der Waals surface area contributed by atoms with E-state index in [1.807, 2.05) is 24.3 Å². The van der Waals surface area contributed by atoms with Gasteiger partial charge in [-0.05, 0) is 62.1 Å². The number of rotatable bonds is 12. The topological polar surface area (TPSA) is 96.0 Å². The molecule has 0 heterocycles. The third kappa shape index (κ3) is 9.01. The van der Waals surface area contributed by atoms with Crippen LogP contribution in [0.1, 0.15) is 57.4 Å². The van der Waals surface area contributed by atoms with Crippen molar-refractivity contribution >= 4 is 50.7 Å². The molecule has 214 valence electrons. The van der Waals surface area contributed by atoms with Crippen LogP contribution < -0.4 is 14.4 Å². The normalized spacial score (nSPS) is 14.9. The summed E-state index contributed by atoms with van der Waals surface area (Å²) in [6.07, 6.45) is 6.58. The molecule has 0 radical (unpaired) electrons. The summed E-state index contributed by atoms with van der Waals surface area (Å²) < 4.78 is 31.5. The third-order valence-corrected chi connectivity index (χ3v) is 8.69. The molecule has 0 aromatic heterocycles. The number of benzene rings is 2. The lowest BCUT2D eigenvalue weighted by atomic mass is 9.95. The number of carbonyl (C=O) groups excluding carboxylic acids is 2. The van der Waals surface area contributed by atoms with Crippen molar-refractivity contribution in [2.24, 2.45) is 0 Å². The van der Waals surface area contributed by atoms with Gasteiger partial charge in [-0.1, -0.05) is 54.6 Å². The van der Waals surface area contributed by atoms with Gasteiger partial charge in [0.15, 0.2) is 0 Å². The van der Waals surface area contributed by atoms with Gasteiger partial charge < -0.3 is 15.0 Å². The standard InChI is InChI=1S/C28H37Cl2N3O5S/c1-20(28(35)31-23-8-5-4-6-9-23)32(19-21-11-14-24(38-2)15-12-21)27(34)10-7-17-33(39(3,36)37)26-18-22(29)13-16-25(26)30/h11-16,18,20,23H,4-10,17,19H2,1-3H3,(H,31,35)/t20-/m0/s1. The minimum absolute atomic E-state index is 0.0314. The van der Waals surface area contributed by atoms with E-state index in [2.05, 4.69) is 5.32 Å². The number of nitrogens with one attached hydrogen (secondary N) is 1. The van der Waals surface area contributed by atoms with Crippen molar-refractivity contribution in [2.75, 3.05) is 24.2 Å². The van der Waals surface area contributed by atoms with Crippen molar-refractivity contribution in [3.63, 3.8) is 0 Å². The van der Waals surface area contributed by atoms with Crippen LogP contribution in [0.2, 0.25) is 10.0 Å². The fraction of sp³-hybridized carbons (Fsp3) is 0.500. The highest BCUT2D eigenvalue weighted by Gasteiger charge is 2.28. The lowest BCUT2D eigenvalue weighted by Crippen LogP contribution is -2.50. The number of hydrogen-bond acceptors (Lipinski definition) is 5. The molecule has 1 fully saturated rings. The van der Waals surface area contributed by atoms with Crippen LogP contribution in [0.3, 0.4) is 0 Å². The number of halogens is 2. The first-order chi connectivity index (χ1) is 18.5. The molecule has 0 saturated heterocycles. The summed E-state index contributed by atoms with van der Waals surface area (Å²) in [6.45, 7) is 2.00. The molecule has 1 saturated carbocycles. The van der Waals surface area contributed by atoms with Crippen LogP contribution in [-0.2, 0) is 26.2 Å². The maximum absolute atomic E-state index is 13.5. The van der Waals surface area contributed by atoms with Gasteiger partial charge in [-0.25, -0.2) is 8.42 Å². The molecule has 11 heteroatoms. The summed E-state index contributed by atoms with van der Waals surface area (Å²) >= 11 is 12.3.